The van der Waals surface area contributed by atoms with Crippen molar-refractivity contribution in [1.82, 2.24) is 9.80 Å². The minimum Gasteiger partial charge on any atom is -0.385 e. The number of nitrogens with zero attached hydrogens (tertiary/aromatic N) is 2. The molecule has 1 fully saturated rings. The van der Waals surface area contributed by atoms with Gasteiger partial charge in [0.25, 0.3) is 0 Å². The van der Waals surface area contributed by atoms with Crippen molar-refractivity contribution >= 4 is 0 Å². The summed E-state index contributed by atoms with van der Waals surface area (Å²) in [4.78, 5) is 5.03. The van der Waals surface area contributed by atoms with Crippen molar-refractivity contribution < 1.29 is 4.74 Å². The van der Waals surface area contributed by atoms with Gasteiger partial charge in [0.2, 0.25) is 0 Å². The summed E-state index contributed by atoms with van der Waals surface area (Å²) >= 11 is 0. The molecule has 1 heterocycles. The minimum absolute atomic E-state index is 0.279. The first-order valence-electron chi connectivity index (χ1n) is 8.01. The molecule has 1 unspecified atom stereocenters. The van der Waals surface area contributed by atoms with Crippen LogP contribution in [0.25, 0.3) is 0 Å². The molecule has 1 aromatic rings. The molecule has 4 nitrogen and oxygen atoms in total. The summed E-state index contributed by atoms with van der Waals surface area (Å²) in [5.41, 5.74) is 7.60. The molecule has 0 amide bonds. The third kappa shape index (κ3) is 6.14. The fourth-order valence-corrected chi connectivity index (χ4v) is 2.88. The van der Waals surface area contributed by atoms with Gasteiger partial charge in [0.15, 0.2) is 0 Å². The SMILES string of the molecule is COCCCC(N)CN1CCN(Cc2ccccc2)CC1. The molecule has 1 aromatic carbocycles. The molecule has 0 saturated carbocycles. The number of methoxy groups -OCH3 is 1. The highest BCUT2D eigenvalue weighted by Crippen LogP contribution is 2.09. The van der Waals surface area contributed by atoms with Crippen LogP contribution in [-0.2, 0) is 11.3 Å². The largest absolute Gasteiger partial charge is 0.385 e. The standard InChI is InChI=1S/C17H29N3O/c1-21-13-5-8-17(18)15-20-11-9-19(10-12-20)14-16-6-3-2-4-7-16/h2-4,6-7,17H,5,8-15,18H2,1H3. The molecular weight excluding hydrogens is 262 g/mol. The second kappa shape index (κ2) is 9.15. The van der Waals surface area contributed by atoms with Gasteiger partial charge in [-0.1, -0.05) is 30.3 Å². The number of hydrogen-bond acceptors (Lipinski definition) is 4. The van der Waals surface area contributed by atoms with Gasteiger partial charge in [-0.15, -0.1) is 0 Å². The third-order valence-corrected chi connectivity index (χ3v) is 4.13. The van der Waals surface area contributed by atoms with Crippen molar-refractivity contribution in [2.24, 2.45) is 5.73 Å². The second-order valence-corrected chi connectivity index (χ2v) is 5.96. The van der Waals surface area contributed by atoms with Crippen LogP contribution in [0.3, 0.4) is 0 Å². The van der Waals surface area contributed by atoms with Crippen LogP contribution in [-0.4, -0.2) is 62.3 Å². The monoisotopic (exact) mass is 291 g/mol. The summed E-state index contributed by atoms with van der Waals surface area (Å²) < 4.78 is 5.08. The van der Waals surface area contributed by atoms with Crippen LogP contribution in [0, 0.1) is 0 Å². The number of rotatable bonds is 8. The van der Waals surface area contributed by atoms with Gasteiger partial charge < -0.3 is 10.5 Å². The van der Waals surface area contributed by atoms with Crippen molar-refractivity contribution in [2.75, 3.05) is 46.4 Å². The lowest BCUT2D eigenvalue weighted by molar-refractivity contribution is 0.119. The molecule has 2 N–H and O–H groups in total. The molecule has 118 valence electrons. The quantitative estimate of drug-likeness (QED) is 0.738. The number of ether oxygens (including phenoxy) is 1. The Kier molecular flexibility index (Phi) is 7.16. The summed E-state index contributed by atoms with van der Waals surface area (Å²) in [6, 6.07) is 11.0. The average molecular weight is 291 g/mol. The first-order chi connectivity index (χ1) is 10.3. The maximum atomic E-state index is 6.19. The lowest BCUT2D eigenvalue weighted by atomic mass is 10.1. The fourth-order valence-electron chi connectivity index (χ4n) is 2.88. The van der Waals surface area contributed by atoms with Gasteiger partial charge in [-0.05, 0) is 18.4 Å². The van der Waals surface area contributed by atoms with E-state index < -0.39 is 0 Å². The van der Waals surface area contributed by atoms with E-state index in [1.165, 1.54) is 5.56 Å². The number of benzene rings is 1. The van der Waals surface area contributed by atoms with Crippen LogP contribution in [0.5, 0.6) is 0 Å². The summed E-state index contributed by atoms with van der Waals surface area (Å²) in [5, 5.41) is 0. The Bertz CT molecular complexity index is 377. The van der Waals surface area contributed by atoms with Crippen molar-refractivity contribution in [2.45, 2.75) is 25.4 Å². The van der Waals surface area contributed by atoms with Crippen LogP contribution in [0.15, 0.2) is 30.3 Å². The summed E-state index contributed by atoms with van der Waals surface area (Å²) in [7, 11) is 1.75. The van der Waals surface area contributed by atoms with E-state index >= 15 is 0 Å². The molecule has 0 aromatic heterocycles. The average Bonchev–Trinajstić information content (AvgIpc) is 2.51. The Morgan fingerprint density at radius 2 is 1.76 bits per heavy atom. The Hall–Kier alpha value is -0.940. The molecule has 4 heteroatoms. The molecule has 0 radical (unpaired) electrons. The van der Waals surface area contributed by atoms with E-state index in [2.05, 4.69) is 40.1 Å². The van der Waals surface area contributed by atoms with E-state index in [4.69, 9.17) is 10.5 Å². The van der Waals surface area contributed by atoms with E-state index in [9.17, 15) is 0 Å². The van der Waals surface area contributed by atoms with E-state index in [1.54, 1.807) is 7.11 Å². The van der Waals surface area contributed by atoms with E-state index in [0.29, 0.717) is 0 Å². The zero-order valence-electron chi connectivity index (χ0n) is 13.2. The number of piperazine rings is 1. The van der Waals surface area contributed by atoms with Crippen LogP contribution in [0.2, 0.25) is 0 Å². The molecule has 1 aliphatic heterocycles. The highest BCUT2D eigenvalue weighted by molar-refractivity contribution is 5.14. The van der Waals surface area contributed by atoms with Crippen LogP contribution in [0.1, 0.15) is 18.4 Å². The van der Waals surface area contributed by atoms with Gasteiger partial charge in [0.1, 0.15) is 0 Å². The van der Waals surface area contributed by atoms with Crippen LogP contribution in [0.4, 0.5) is 0 Å². The predicted molar refractivity (Wildman–Crippen MR) is 87.2 cm³/mol. The predicted octanol–water partition coefficient (Wildman–Crippen LogP) is 1.56. The Morgan fingerprint density at radius 3 is 2.43 bits per heavy atom. The maximum Gasteiger partial charge on any atom is 0.0462 e. The van der Waals surface area contributed by atoms with Gasteiger partial charge in [-0.2, -0.15) is 0 Å². The van der Waals surface area contributed by atoms with E-state index in [1.807, 2.05) is 0 Å². The molecule has 0 spiro atoms. The zero-order chi connectivity index (χ0) is 14.9. The first kappa shape index (κ1) is 16.4. The van der Waals surface area contributed by atoms with Crippen molar-refractivity contribution in [3.05, 3.63) is 35.9 Å². The highest BCUT2D eigenvalue weighted by atomic mass is 16.5. The van der Waals surface area contributed by atoms with Gasteiger partial charge in [-0.3, -0.25) is 9.80 Å². The third-order valence-electron chi connectivity index (χ3n) is 4.13. The summed E-state index contributed by atoms with van der Waals surface area (Å²) in [6.07, 6.45) is 2.11. The molecule has 1 atom stereocenters. The van der Waals surface area contributed by atoms with Crippen LogP contribution < -0.4 is 5.73 Å². The summed E-state index contributed by atoms with van der Waals surface area (Å²) in [5.74, 6) is 0. The van der Waals surface area contributed by atoms with E-state index in [-0.39, 0.29) is 6.04 Å². The summed E-state index contributed by atoms with van der Waals surface area (Å²) in [6.45, 7) is 7.44. The smallest absolute Gasteiger partial charge is 0.0462 e. The first-order valence-corrected chi connectivity index (χ1v) is 8.01. The molecule has 1 aliphatic rings. The zero-order valence-corrected chi connectivity index (χ0v) is 13.2. The Morgan fingerprint density at radius 1 is 1.10 bits per heavy atom. The molecule has 1 saturated heterocycles. The fraction of sp³-hybridized carbons (Fsp3) is 0.647. The Labute approximate surface area is 128 Å². The molecule has 0 bridgehead atoms. The van der Waals surface area contributed by atoms with Gasteiger partial charge in [-0.25, -0.2) is 0 Å². The lowest BCUT2D eigenvalue weighted by Crippen LogP contribution is -2.49. The van der Waals surface area contributed by atoms with Crippen molar-refractivity contribution in [3.63, 3.8) is 0 Å². The number of hydrogen-bond donors (Lipinski definition) is 1. The second-order valence-electron chi connectivity index (χ2n) is 5.96. The molecular formula is C17H29N3O. The van der Waals surface area contributed by atoms with Crippen molar-refractivity contribution in [1.29, 1.82) is 0 Å². The molecule has 2 rings (SSSR count). The lowest BCUT2D eigenvalue weighted by Gasteiger charge is -2.35. The molecule has 0 aliphatic carbocycles. The van der Waals surface area contributed by atoms with Gasteiger partial charge in [0, 0.05) is 59.0 Å². The van der Waals surface area contributed by atoms with Gasteiger partial charge >= 0.3 is 0 Å². The minimum atomic E-state index is 0.279. The van der Waals surface area contributed by atoms with Crippen molar-refractivity contribution in [3.8, 4) is 0 Å². The normalized spacial score (nSPS) is 18.8. The van der Waals surface area contributed by atoms with Gasteiger partial charge in [0.05, 0.1) is 0 Å². The van der Waals surface area contributed by atoms with Crippen LogP contribution >= 0.6 is 0 Å². The molecule has 21 heavy (non-hydrogen) atoms. The maximum absolute atomic E-state index is 6.19. The van der Waals surface area contributed by atoms with E-state index in [0.717, 1.165) is 58.7 Å². The highest BCUT2D eigenvalue weighted by Gasteiger charge is 2.18. The Balaban J connectivity index is 1.64. The number of nitrogens with two attached hydrogens (primary N) is 1. The topological polar surface area (TPSA) is 41.7 Å².